The van der Waals surface area contributed by atoms with E-state index < -0.39 is 36.7 Å². The molecule has 11 heteroatoms. The van der Waals surface area contributed by atoms with Crippen LogP contribution in [-0.2, 0) is 10.6 Å². The molecule has 0 radical (unpaired) electrons. The molecule has 4 rings (SSSR count). The number of aromatic nitrogens is 5. The third kappa shape index (κ3) is 2.41. The summed E-state index contributed by atoms with van der Waals surface area (Å²) < 4.78 is 8.48. The van der Waals surface area contributed by atoms with Crippen molar-refractivity contribution in [2.24, 2.45) is 0 Å². The van der Waals surface area contributed by atoms with Crippen molar-refractivity contribution in [3.63, 3.8) is 0 Å². The van der Waals surface area contributed by atoms with E-state index >= 15 is 0 Å². The van der Waals surface area contributed by atoms with Crippen LogP contribution in [0.15, 0.2) is 23.5 Å². The van der Waals surface area contributed by atoms with Crippen molar-refractivity contribution in [2.75, 3.05) is 6.61 Å². The molecule has 0 bridgehead atoms. The number of imidazole rings is 1. The highest BCUT2D eigenvalue weighted by atomic mass is 35.5. The van der Waals surface area contributed by atoms with E-state index in [1.807, 2.05) is 0 Å². The molecule has 4 heterocycles. The number of halogens is 1. The van der Waals surface area contributed by atoms with Crippen molar-refractivity contribution in [1.29, 1.82) is 0 Å². The minimum absolute atomic E-state index is 0.0989. The molecule has 1 fully saturated rings. The highest BCUT2D eigenvalue weighted by molar-refractivity contribution is 6.16. The summed E-state index contributed by atoms with van der Waals surface area (Å²) in [5.74, 6) is 0.0989. The van der Waals surface area contributed by atoms with Gasteiger partial charge in [-0.2, -0.15) is 4.98 Å². The molecular formula is C14H14ClN5O5. The van der Waals surface area contributed by atoms with E-state index in [1.54, 1.807) is 4.40 Å². The Morgan fingerprint density at radius 1 is 1.20 bits per heavy atom. The van der Waals surface area contributed by atoms with Crippen LogP contribution in [0, 0.1) is 0 Å². The molecule has 4 atom stereocenters. The first-order chi connectivity index (χ1) is 12.0. The van der Waals surface area contributed by atoms with Gasteiger partial charge in [0.15, 0.2) is 23.0 Å². The van der Waals surface area contributed by atoms with Gasteiger partial charge >= 0.3 is 0 Å². The van der Waals surface area contributed by atoms with E-state index in [-0.39, 0.29) is 11.5 Å². The summed E-state index contributed by atoms with van der Waals surface area (Å²) in [6.07, 6.45) is -1.58. The molecule has 0 unspecified atom stereocenters. The van der Waals surface area contributed by atoms with Gasteiger partial charge in [-0.15, -0.1) is 11.6 Å². The predicted molar refractivity (Wildman–Crippen MR) is 85.1 cm³/mol. The van der Waals surface area contributed by atoms with Gasteiger partial charge in [0.1, 0.15) is 24.6 Å². The Bertz CT molecular complexity index is 1000. The van der Waals surface area contributed by atoms with E-state index in [1.165, 1.54) is 23.3 Å². The van der Waals surface area contributed by atoms with Gasteiger partial charge in [-0.25, -0.2) is 9.97 Å². The molecule has 0 saturated carbocycles. The summed E-state index contributed by atoms with van der Waals surface area (Å²) in [5.41, 5.74) is 0.982. The van der Waals surface area contributed by atoms with Crippen LogP contribution in [0.3, 0.4) is 0 Å². The van der Waals surface area contributed by atoms with Gasteiger partial charge in [0.2, 0.25) is 0 Å². The van der Waals surface area contributed by atoms with Crippen LogP contribution in [-0.4, -0.2) is 64.2 Å². The Kier molecular flexibility index (Phi) is 3.93. The number of ether oxygens (including phenoxy) is 1. The zero-order chi connectivity index (χ0) is 17.7. The van der Waals surface area contributed by atoms with E-state index in [2.05, 4.69) is 15.0 Å². The second-order valence-electron chi connectivity index (χ2n) is 5.71. The average Bonchev–Trinajstić information content (AvgIpc) is 3.16. The Morgan fingerprint density at radius 2 is 2.00 bits per heavy atom. The summed E-state index contributed by atoms with van der Waals surface area (Å²) in [4.78, 5) is 24.2. The zero-order valence-corrected chi connectivity index (χ0v) is 13.5. The van der Waals surface area contributed by atoms with Crippen molar-refractivity contribution < 1.29 is 20.1 Å². The molecule has 132 valence electrons. The molecule has 0 aromatic carbocycles. The van der Waals surface area contributed by atoms with Crippen molar-refractivity contribution in [3.05, 3.63) is 34.8 Å². The minimum atomic E-state index is -1.27. The highest BCUT2D eigenvalue weighted by Gasteiger charge is 2.44. The minimum Gasteiger partial charge on any atom is -0.394 e. The third-order valence-corrected chi connectivity index (χ3v) is 4.52. The molecule has 1 saturated heterocycles. The van der Waals surface area contributed by atoms with Crippen LogP contribution in [0.5, 0.6) is 0 Å². The van der Waals surface area contributed by atoms with Gasteiger partial charge in [0, 0.05) is 11.8 Å². The number of aliphatic hydroxyl groups is 3. The van der Waals surface area contributed by atoms with Crippen LogP contribution in [0.2, 0.25) is 0 Å². The third-order valence-electron chi connectivity index (χ3n) is 4.25. The first-order valence-electron chi connectivity index (χ1n) is 7.47. The Morgan fingerprint density at radius 3 is 2.68 bits per heavy atom. The fourth-order valence-electron chi connectivity index (χ4n) is 2.99. The van der Waals surface area contributed by atoms with Crippen LogP contribution in [0.4, 0.5) is 0 Å². The van der Waals surface area contributed by atoms with Crippen LogP contribution in [0.25, 0.3) is 16.8 Å². The van der Waals surface area contributed by atoms with Gasteiger partial charge in [0.05, 0.1) is 18.8 Å². The molecule has 1 aliphatic heterocycles. The molecule has 3 aromatic rings. The van der Waals surface area contributed by atoms with E-state index in [0.29, 0.717) is 16.9 Å². The lowest BCUT2D eigenvalue weighted by atomic mass is 10.1. The Hall–Kier alpha value is -2.11. The molecule has 3 aromatic heterocycles. The Labute approximate surface area is 144 Å². The van der Waals surface area contributed by atoms with Crippen molar-refractivity contribution in [2.45, 2.75) is 30.4 Å². The van der Waals surface area contributed by atoms with Gasteiger partial charge in [0.25, 0.3) is 5.56 Å². The summed E-state index contributed by atoms with van der Waals surface area (Å²) >= 11 is 5.86. The molecule has 3 N–H and O–H groups in total. The number of fused-ring (bicyclic) bond motifs is 3. The second kappa shape index (κ2) is 6.00. The predicted octanol–water partition coefficient (Wildman–Crippen LogP) is -1.21. The smallest absolute Gasteiger partial charge is 0.273 e. The molecule has 1 aliphatic rings. The summed E-state index contributed by atoms with van der Waals surface area (Å²) in [6.45, 7) is -0.437. The van der Waals surface area contributed by atoms with Crippen LogP contribution < -0.4 is 5.56 Å². The average molecular weight is 368 g/mol. The lowest BCUT2D eigenvalue weighted by Crippen LogP contribution is -2.33. The van der Waals surface area contributed by atoms with Crippen LogP contribution >= 0.6 is 11.6 Å². The molecule has 0 aliphatic carbocycles. The standard InChI is InChI=1S/C14H14ClN5O5/c15-2-6-1-8(22)18-13-9-12(17-5-19(6)13)20(4-16-9)14-11(24)10(23)7(3-21)25-14/h1,4-5,7,10-11,14,21,23-24H,2-3H2/t7-,10+,11-,14+/m0/s1. The SMILES string of the molecule is O=c1cc(CCl)n2cnc3c(ncn3[C@@H]3O[C@@H](CO)[C@@H](O)[C@@H]3O)c2n1. The molecule has 0 amide bonds. The van der Waals surface area contributed by atoms with Crippen LogP contribution in [0.1, 0.15) is 11.9 Å². The van der Waals surface area contributed by atoms with Crippen molar-refractivity contribution >= 4 is 28.4 Å². The van der Waals surface area contributed by atoms with Gasteiger partial charge in [-0.3, -0.25) is 13.8 Å². The van der Waals surface area contributed by atoms with Gasteiger partial charge in [-0.05, 0) is 0 Å². The maximum Gasteiger partial charge on any atom is 0.273 e. The molecule has 10 nitrogen and oxygen atoms in total. The van der Waals surface area contributed by atoms with Crippen molar-refractivity contribution in [3.8, 4) is 0 Å². The maximum absolute atomic E-state index is 11.8. The van der Waals surface area contributed by atoms with E-state index in [4.69, 9.17) is 16.3 Å². The lowest BCUT2D eigenvalue weighted by Gasteiger charge is -2.16. The normalized spacial score (nSPS) is 26.7. The number of hydrogen-bond acceptors (Lipinski definition) is 8. The number of alkyl halides is 1. The fourth-order valence-corrected chi connectivity index (χ4v) is 3.19. The summed E-state index contributed by atoms with van der Waals surface area (Å²) in [5, 5.41) is 29.3. The lowest BCUT2D eigenvalue weighted by molar-refractivity contribution is -0.0511. The fraction of sp³-hybridized carbons (Fsp3) is 0.429. The number of aliphatic hydroxyl groups excluding tert-OH is 3. The van der Waals surface area contributed by atoms with E-state index in [9.17, 15) is 20.1 Å². The van der Waals surface area contributed by atoms with E-state index in [0.717, 1.165) is 0 Å². The Balaban J connectivity index is 1.90. The molecular weight excluding hydrogens is 354 g/mol. The summed E-state index contributed by atoms with van der Waals surface area (Å²) in [6, 6.07) is 1.32. The maximum atomic E-state index is 11.8. The molecule has 0 spiro atoms. The van der Waals surface area contributed by atoms with Gasteiger partial charge < -0.3 is 20.1 Å². The van der Waals surface area contributed by atoms with Gasteiger partial charge in [-0.1, -0.05) is 0 Å². The first-order valence-corrected chi connectivity index (χ1v) is 8.01. The second-order valence-corrected chi connectivity index (χ2v) is 5.98. The zero-order valence-electron chi connectivity index (χ0n) is 12.7. The first kappa shape index (κ1) is 16.4. The topological polar surface area (TPSA) is 135 Å². The molecule has 25 heavy (non-hydrogen) atoms. The monoisotopic (exact) mass is 367 g/mol. The largest absolute Gasteiger partial charge is 0.394 e. The van der Waals surface area contributed by atoms with Crippen molar-refractivity contribution in [1.82, 2.24) is 23.9 Å². The highest BCUT2D eigenvalue weighted by Crippen LogP contribution is 2.31. The quantitative estimate of drug-likeness (QED) is 0.491. The number of hydrogen-bond donors (Lipinski definition) is 3. The number of rotatable bonds is 3. The summed E-state index contributed by atoms with van der Waals surface area (Å²) in [7, 11) is 0. The number of nitrogens with zero attached hydrogens (tertiary/aromatic N) is 5.